The van der Waals surface area contributed by atoms with Crippen molar-refractivity contribution in [1.29, 1.82) is 0 Å². The number of nitrogens with zero attached hydrogens (tertiary/aromatic N) is 3. The number of rotatable bonds is 3. The lowest BCUT2D eigenvalue weighted by atomic mass is 9.98. The number of benzene rings is 1. The van der Waals surface area contributed by atoms with Gasteiger partial charge in [-0.05, 0) is 24.5 Å². The Balaban J connectivity index is 1.55. The third kappa shape index (κ3) is 2.79. The van der Waals surface area contributed by atoms with Gasteiger partial charge in [0.2, 0.25) is 5.89 Å². The monoisotopic (exact) mass is 341 g/mol. The Morgan fingerprint density at radius 2 is 2.20 bits per heavy atom. The van der Waals surface area contributed by atoms with E-state index < -0.39 is 12.1 Å². The van der Waals surface area contributed by atoms with E-state index in [1.165, 1.54) is 0 Å². The molecule has 2 aromatic rings. The summed E-state index contributed by atoms with van der Waals surface area (Å²) in [7, 11) is 0. The molecule has 2 aliphatic heterocycles. The van der Waals surface area contributed by atoms with Crippen LogP contribution in [0.25, 0.3) is 0 Å². The Hall–Kier alpha value is -2.70. The molecule has 0 saturated carbocycles. The number of aryl methyl sites for hydroxylation is 1. The molecule has 1 aromatic heterocycles. The van der Waals surface area contributed by atoms with E-state index in [0.29, 0.717) is 36.7 Å². The fourth-order valence-corrected chi connectivity index (χ4v) is 3.50. The molecule has 130 valence electrons. The summed E-state index contributed by atoms with van der Waals surface area (Å²) < 4.78 is 10.6. The van der Waals surface area contributed by atoms with E-state index in [-0.39, 0.29) is 11.9 Å². The summed E-state index contributed by atoms with van der Waals surface area (Å²) in [6, 6.07) is 7.03. The first kappa shape index (κ1) is 15.8. The van der Waals surface area contributed by atoms with Gasteiger partial charge in [0.1, 0.15) is 0 Å². The van der Waals surface area contributed by atoms with Crippen molar-refractivity contribution < 1.29 is 18.8 Å². The summed E-state index contributed by atoms with van der Waals surface area (Å²) in [5, 5.41) is 4.01. The minimum absolute atomic E-state index is 0.187. The van der Waals surface area contributed by atoms with Crippen molar-refractivity contribution in [3.8, 4) is 0 Å². The zero-order valence-electron chi connectivity index (χ0n) is 14.0. The summed E-state index contributed by atoms with van der Waals surface area (Å²) in [6.45, 7) is 2.54. The zero-order chi connectivity index (χ0) is 17.4. The van der Waals surface area contributed by atoms with Crippen molar-refractivity contribution in [2.45, 2.75) is 44.8 Å². The number of ether oxygens (including phenoxy) is 1. The summed E-state index contributed by atoms with van der Waals surface area (Å²) in [5.74, 6) is 0.467. The summed E-state index contributed by atoms with van der Waals surface area (Å²) in [5.41, 5.74) is 1.39. The lowest BCUT2D eigenvalue weighted by Gasteiger charge is -2.29. The minimum Gasteiger partial charge on any atom is -0.448 e. The van der Waals surface area contributed by atoms with Gasteiger partial charge < -0.3 is 14.2 Å². The highest BCUT2D eigenvalue weighted by atomic mass is 16.5. The predicted molar refractivity (Wildman–Crippen MR) is 86.7 cm³/mol. The molecule has 1 aromatic carbocycles. The molecule has 3 heterocycles. The van der Waals surface area contributed by atoms with Gasteiger partial charge in [0.05, 0.1) is 11.6 Å². The second-order valence-electron chi connectivity index (χ2n) is 6.34. The van der Waals surface area contributed by atoms with Gasteiger partial charge in [0, 0.05) is 19.4 Å². The summed E-state index contributed by atoms with van der Waals surface area (Å²) in [6.07, 6.45) is 1.91. The molecule has 2 aliphatic rings. The molecule has 0 spiro atoms. The topological polar surface area (TPSA) is 85.5 Å². The van der Waals surface area contributed by atoms with Crippen molar-refractivity contribution in [2.24, 2.45) is 0 Å². The van der Waals surface area contributed by atoms with Gasteiger partial charge in [-0.1, -0.05) is 30.3 Å². The van der Waals surface area contributed by atoms with Crippen LogP contribution < -0.4 is 0 Å². The van der Waals surface area contributed by atoms with Gasteiger partial charge in [0.15, 0.2) is 11.9 Å². The SMILES string of the molecule is CCc1nc([C@H]2CCCN2C(=O)[C@H]2Cc3ccccc3C(=O)O2)no1. The maximum atomic E-state index is 13.0. The molecule has 0 bridgehead atoms. The number of fused-ring (bicyclic) bond motifs is 1. The first-order valence-electron chi connectivity index (χ1n) is 8.59. The van der Waals surface area contributed by atoms with Crippen LogP contribution in [0, 0.1) is 0 Å². The van der Waals surface area contributed by atoms with Crippen LogP contribution in [-0.2, 0) is 22.4 Å². The number of carbonyl (C=O) groups is 2. The van der Waals surface area contributed by atoms with Crippen molar-refractivity contribution in [1.82, 2.24) is 15.0 Å². The molecule has 1 fully saturated rings. The third-order valence-electron chi connectivity index (χ3n) is 4.79. The molecule has 0 radical (unpaired) electrons. The van der Waals surface area contributed by atoms with Crippen LogP contribution in [-0.4, -0.2) is 39.6 Å². The molecule has 4 rings (SSSR count). The normalized spacial score (nSPS) is 22.6. The Labute approximate surface area is 145 Å². The molecule has 1 saturated heterocycles. The maximum absolute atomic E-state index is 13.0. The first-order valence-corrected chi connectivity index (χ1v) is 8.59. The van der Waals surface area contributed by atoms with Crippen molar-refractivity contribution >= 4 is 11.9 Å². The van der Waals surface area contributed by atoms with Crippen LogP contribution in [0.2, 0.25) is 0 Å². The Kier molecular flexibility index (Phi) is 3.99. The molecule has 7 heteroatoms. The number of cyclic esters (lactones) is 1. The lowest BCUT2D eigenvalue weighted by Crippen LogP contribution is -2.44. The van der Waals surface area contributed by atoms with Crippen LogP contribution in [0.3, 0.4) is 0 Å². The Morgan fingerprint density at radius 3 is 3.00 bits per heavy atom. The molecule has 0 N–H and O–H groups in total. The standard InChI is InChI=1S/C18H19N3O4/c1-2-15-19-16(20-25-15)13-8-5-9-21(13)17(22)14-10-11-6-3-4-7-12(11)18(23)24-14/h3-4,6-7,13-14H,2,5,8-10H2,1H3/t13-,14-/m1/s1. The van der Waals surface area contributed by atoms with Crippen LogP contribution in [0.15, 0.2) is 28.8 Å². The van der Waals surface area contributed by atoms with Crippen molar-refractivity contribution in [2.75, 3.05) is 6.54 Å². The highest BCUT2D eigenvalue weighted by Crippen LogP contribution is 2.32. The van der Waals surface area contributed by atoms with Crippen LogP contribution >= 0.6 is 0 Å². The number of aromatic nitrogens is 2. The first-order chi connectivity index (χ1) is 12.2. The molecule has 25 heavy (non-hydrogen) atoms. The van der Waals surface area contributed by atoms with E-state index in [4.69, 9.17) is 9.26 Å². The highest BCUT2D eigenvalue weighted by molar-refractivity contribution is 5.95. The quantitative estimate of drug-likeness (QED) is 0.795. The van der Waals surface area contributed by atoms with E-state index in [1.807, 2.05) is 19.1 Å². The Bertz CT molecular complexity index is 816. The van der Waals surface area contributed by atoms with E-state index >= 15 is 0 Å². The summed E-state index contributed by atoms with van der Waals surface area (Å²) >= 11 is 0. The number of carbonyl (C=O) groups excluding carboxylic acids is 2. The average Bonchev–Trinajstić information content (AvgIpc) is 3.29. The predicted octanol–water partition coefficient (Wildman–Crippen LogP) is 2.08. The van der Waals surface area contributed by atoms with E-state index in [9.17, 15) is 9.59 Å². The molecule has 0 aliphatic carbocycles. The molecular formula is C18H19N3O4. The number of esters is 1. The number of hydrogen-bond acceptors (Lipinski definition) is 6. The molecule has 2 atom stereocenters. The largest absolute Gasteiger partial charge is 0.448 e. The zero-order valence-corrected chi connectivity index (χ0v) is 14.0. The van der Waals surface area contributed by atoms with E-state index in [2.05, 4.69) is 10.1 Å². The summed E-state index contributed by atoms with van der Waals surface area (Å²) in [4.78, 5) is 31.2. The van der Waals surface area contributed by atoms with Gasteiger partial charge >= 0.3 is 5.97 Å². The maximum Gasteiger partial charge on any atom is 0.339 e. The number of likely N-dealkylation sites (tertiary alicyclic amines) is 1. The van der Waals surface area contributed by atoms with Crippen LogP contribution in [0.4, 0.5) is 0 Å². The highest BCUT2D eigenvalue weighted by Gasteiger charge is 2.40. The van der Waals surface area contributed by atoms with Gasteiger partial charge in [-0.15, -0.1) is 0 Å². The van der Waals surface area contributed by atoms with Crippen molar-refractivity contribution in [3.05, 3.63) is 47.1 Å². The van der Waals surface area contributed by atoms with Crippen LogP contribution in [0.5, 0.6) is 0 Å². The molecule has 7 nitrogen and oxygen atoms in total. The fourth-order valence-electron chi connectivity index (χ4n) is 3.50. The third-order valence-corrected chi connectivity index (χ3v) is 4.79. The number of hydrogen-bond donors (Lipinski definition) is 0. The van der Waals surface area contributed by atoms with Crippen LogP contribution in [0.1, 0.15) is 53.4 Å². The van der Waals surface area contributed by atoms with Gasteiger partial charge in [-0.25, -0.2) is 4.79 Å². The second-order valence-corrected chi connectivity index (χ2v) is 6.34. The van der Waals surface area contributed by atoms with Gasteiger partial charge in [-0.2, -0.15) is 4.98 Å². The Morgan fingerprint density at radius 1 is 1.36 bits per heavy atom. The van der Waals surface area contributed by atoms with E-state index in [1.54, 1.807) is 17.0 Å². The molecule has 0 unspecified atom stereocenters. The molecule has 1 amide bonds. The van der Waals surface area contributed by atoms with E-state index in [0.717, 1.165) is 18.4 Å². The molecular weight excluding hydrogens is 322 g/mol. The fraction of sp³-hybridized carbons (Fsp3) is 0.444. The number of amides is 1. The minimum atomic E-state index is -0.791. The van der Waals surface area contributed by atoms with Gasteiger partial charge in [0.25, 0.3) is 5.91 Å². The second kappa shape index (κ2) is 6.31. The lowest BCUT2D eigenvalue weighted by molar-refractivity contribution is -0.142. The van der Waals surface area contributed by atoms with Crippen molar-refractivity contribution in [3.63, 3.8) is 0 Å². The average molecular weight is 341 g/mol. The smallest absolute Gasteiger partial charge is 0.339 e. The van der Waals surface area contributed by atoms with Gasteiger partial charge in [-0.3, -0.25) is 4.79 Å².